The van der Waals surface area contributed by atoms with Gasteiger partial charge in [0, 0.05) is 59.2 Å². The number of nitrogens with zero attached hydrogens (tertiary/aromatic N) is 5. The van der Waals surface area contributed by atoms with E-state index in [9.17, 15) is 57.3 Å². The molecule has 0 bridgehead atoms. The molecule has 0 aliphatic rings. The van der Waals surface area contributed by atoms with Crippen LogP contribution in [0.3, 0.4) is 0 Å². The summed E-state index contributed by atoms with van der Waals surface area (Å²) in [6.45, 7) is 0. The smallest absolute Gasteiger partial charge is 0.271 e. The molecule has 27 heteroatoms. The summed E-state index contributed by atoms with van der Waals surface area (Å²) < 4.78 is 43.6. The highest BCUT2D eigenvalue weighted by Crippen LogP contribution is 2.29. The molecule has 4 aromatic carbocycles. The van der Waals surface area contributed by atoms with Gasteiger partial charge in [-0.25, -0.2) is 22.0 Å². The highest BCUT2D eigenvalue weighted by molar-refractivity contribution is 8.13. The Balaban J connectivity index is 0.000000342. The van der Waals surface area contributed by atoms with Crippen molar-refractivity contribution in [2.24, 2.45) is 10.3 Å². The molecule has 0 amide bonds. The predicted octanol–water partition coefficient (Wildman–Crippen LogP) is 5.99. The quantitative estimate of drug-likeness (QED) is 0.0633. The number of nitrogen functional groups attached to an aromatic ring is 1. The highest BCUT2D eigenvalue weighted by Gasteiger charge is 2.19. The van der Waals surface area contributed by atoms with E-state index in [2.05, 4.69) is 5.11 Å². The van der Waals surface area contributed by atoms with Gasteiger partial charge in [0.05, 0.1) is 45.5 Å². The van der Waals surface area contributed by atoms with Gasteiger partial charge in [-0.3, -0.25) is 40.5 Å². The zero-order chi connectivity index (χ0) is 39.4. The maximum absolute atomic E-state index is 10.9. The van der Waals surface area contributed by atoms with Crippen LogP contribution < -0.4 is 16.4 Å². The molecule has 0 atom stereocenters. The number of nitro benzene ring substituents is 4. The van der Waals surface area contributed by atoms with Gasteiger partial charge in [0.15, 0.2) is 5.69 Å². The first-order valence-corrected chi connectivity index (χ1v) is 17.7. The number of non-ortho nitro benzene ring substituents is 4. The molecule has 0 fully saturated rings. The van der Waals surface area contributed by atoms with Crippen molar-refractivity contribution in [3.05, 3.63) is 133 Å². The standard InChI is InChI=1S/C6H3Cl2NO4S.C6H4ClN3O2.C6H5ClN2O4S.C6H5ClN2O2/c7-5-2-1-4(9(10)11)3-6(5)14(8,12)13;7-5-2-1-4(10(11)12)3-6(5)9-8;7-5-2-1-4(9(10)11)3-6(5)14(8,12)13;7-5-2-1-4(9(10)11)3-6(5)8/h1-3H;1-3,8H;1-3H,(H2,8,12,13);1-3H,8H2/p+1. The third-order valence-corrected chi connectivity index (χ3v) is 9.15. The lowest BCUT2D eigenvalue weighted by molar-refractivity contribution is -0.385. The molecule has 4 rings (SSSR count). The van der Waals surface area contributed by atoms with E-state index < -0.39 is 48.6 Å². The Bertz CT molecular complexity index is 2140. The van der Waals surface area contributed by atoms with Crippen LogP contribution in [0.25, 0.3) is 0 Å². The minimum Gasteiger partial charge on any atom is -0.397 e. The summed E-state index contributed by atoms with van der Waals surface area (Å²) in [4.78, 5) is 37.6. The molecule has 20 nitrogen and oxygen atoms in total. The van der Waals surface area contributed by atoms with Crippen molar-refractivity contribution in [1.29, 1.82) is 0 Å². The van der Waals surface area contributed by atoms with Crippen molar-refractivity contribution in [2.75, 3.05) is 5.73 Å². The molecule has 0 saturated carbocycles. The van der Waals surface area contributed by atoms with E-state index in [-0.39, 0.29) is 44.2 Å². The lowest BCUT2D eigenvalue weighted by Crippen LogP contribution is -2.22. The predicted molar refractivity (Wildman–Crippen MR) is 185 cm³/mol. The van der Waals surface area contributed by atoms with Gasteiger partial charge in [0.25, 0.3) is 31.8 Å². The zero-order valence-electron chi connectivity index (χ0n) is 24.5. The lowest BCUT2D eigenvalue weighted by atomic mass is 10.3. The second-order valence-electron chi connectivity index (χ2n) is 8.71. The summed E-state index contributed by atoms with van der Waals surface area (Å²) in [5, 5.41) is 49.5. The van der Waals surface area contributed by atoms with Crippen LogP contribution in [-0.4, -0.2) is 36.5 Å². The summed E-state index contributed by atoms with van der Waals surface area (Å²) in [5.74, 6) is 0. The number of sulfonamides is 1. The Labute approximate surface area is 310 Å². The monoisotopic (exact) mass is 849 g/mol. The molecule has 0 heterocycles. The van der Waals surface area contributed by atoms with Crippen LogP contribution in [0.4, 0.5) is 34.1 Å². The molecule has 0 saturated heterocycles. The first-order valence-electron chi connectivity index (χ1n) is 12.3. The molecule has 272 valence electrons. The number of nitrogens with two attached hydrogens (primary N) is 3. The lowest BCUT2D eigenvalue weighted by Gasteiger charge is -2.00. The van der Waals surface area contributed by atoms with E-state index in [0.29, 0.717) is 10.0 Å². The third kappa shape index (κ3) is 14.1. The van der Waals surface area contributed by atoms with Crippen LogP contribution in [0, 0.1) is 40.5 Å². The van der Waals surface area contributed by atoms with Gasteiger partial charge in [0.1, 0.15) is 9.79 Å². The van der Waals surface area contributed by atoms with Crippen LogP contribution in [0.15, 0.2) is 87.7 Å². The molecule has 0 aliphatic carbocycles. The minimum atomic E-state index is -4.05. The van der Waals surface area contributed by atoms with E-state index >= 15 is 0 Å². The van der Waals surface area contributed by atoms with Gasteiger partial charge >= 0.3 is 0 Å². The van der Waals surface area contributed by atoms with Crippen LogP contribution in [0.2, 0.25) is 20.1 Å². The normalized spacial score (nSPS) is 10.5. The average Bonchev–Trinajstić information content (AvgIpc) is 3.02. The van der Waals surface area contributed by atoms with E-state index in [1.54, 1.807) is 0 Å². The Morgan fingerprint density at radius 3 is 1.25 bits per heavy atom. The Kier molecular flexibility index (Phi) is 16.5. The number of rotatable bonds is 7. The molecule has 4 aromatic rings. The van der Waals surface area contributed by atoms with Crippen LogP contribution >= 0.6 is 57.1 Å². The van der Waals surface area contributed by atoms with Crippen LogP contribution in [0.5, 0.6) is 0 Å². The Morgan fingerprint density at radius 1 is 0.569 bits per heavy atom. The molecule has 51 heavy (non-hydrogen) atoms. The third-order valence-electron chi connectivity index (χ3n) is 5.29. The van der Waals surface area contributed by atoms with Crippen molar-refractivity contribution in [3.63, 3.8) is 0 Å². The molecular weight excluding hydrogens is 834 g/mol. The van der Waals surface area contributed by atoms with Gasteiger partial charge in [-0.15, -0.1) is 0 Å². The minimum absolute atomic E-state index is 0.0492. The van der Waals surface area contributed by atoms with Crippen molar-refractivity contribution >= 4 is 110 Å². The number of halogens is 5. The van der Waals surface area contributed by atoms with Crippen molar-refractivity contribution in [1.82, 2.24) is 0 Å². The fraction of sp³-hybridized carbons (Fsp3) is 0. The topological polar surface area (TPSA) is 331 Å². The van der Waals surface area contributed by atoms with Crippen LogP contribution in [-0.2, 0) is 19.1 Å². The molecule has 0 spiro atoms. The molecule has 6 N–H and O–H groups in total. The molecule has 0 radical (unpaired) electrons. The molecule has 0 aliphatic heterocycles. The number of primary sulfonamides is 1. The Hall–Kier alpha value is -4.81. The van der Waals surface area contributed by atoms with E-state index in [4.69, 9.17) is 73.5 Å². The Morgan fingerprint density at radius 2 is 0.902 bits per heavy atom. The second-order valence-corrected chi connectivity index (χ2v) is 14.4. The number of benzene rings is 4. The van der Waals surface area contributed by atoms with Crippen molar-refractivity contribution in [2.45, 2.75) is 9.79 Å². The average molecular weight is 852 g/mol. The largest absolute Gasteiger partial charge is 0.397 e. The SMILES string of the molecule is NS(=O)(=O)c1cc([N+](=O)[O-])ccc1Cl.Nc1cc([N+](=O)[O-])ccc1Cl.O=[N+]([O-])c1ccc(Cl)c(S(=O)(=O)Cl)c1.[NH2+]=Nc1cc([N+](=O)[O-])ccc1Cl. The number of anilines is 1. The fourth-order valence-corrected chi connectivity index (χ4v) is 5.81. The molecule has 0 unspecified atom stereocenters. The van der Waals surface area contributed by atoms with Gasteiger partial charge in [0.2, 0.25) is 10.0 Å². The summed E-state index contributed by atoms with van der Waals surface area (Å²) >= 11 is 22.1. The second kappa shape index (κ2) is 19.0. The fourth-order valence-electron chi connectivity index (χ4n) is 2.97. The van der Waals surface area contributed by atoms with E-state index in [0.717, 1.165) is 36.4 Å². The summed E-state index contributed by atoms with van der Waals surface area (Å²) in [7, 11) is -3.07. The summed E-state index contributed by atoms with van der Waals surface area (Å²) in [5.41, 5.74) is 9.81. The first-order chi connectivity index (χ1) is 23.4. The van der Waals surface area contributed by atoms with Gasteiger partial charge in [-0.1, -0.05) is 46.4 Å². The number of hydrogen-bond donors (Lipinski definition) is 3. The first kappa shape index (κ1) is 44.2. The number of nitro groups is 4. The van der Waals surface area contributed by atoms with Gasteiger partial charge in [-0.2, -0.15) is 5.53 Å². The highest BCUT2D eigenvalue weighted by atomic mass is 35.7. The van der Waals surface area contributed by atoms with Gasteiger partial charge in [-0.05, 0) is 29.4 Å². The maximum atomic E-state index is 10.9. The zero-order valence-corrected chi connectivity index (χ0v) is 29.9. The van der Waals surface area contributed by atoms with E-state index in [1.807, 2.05) is 0 Å². The van der Waals surface area contributed by atoms with E-state index in [1.165, 1.54) is 36.4 Å². The number of hydrogen-bond acceptors (Lipinski definition) is 14. The van der Waals surface area contributed by atoms with Crippen LogP contribution in [0.1, 0.15) is 0 Å². The van der Waals surface area contributed by atoms with Crippen molar-refractivity contribution in [3.8, 4) is 0 Å². The molecule has 0 aromatic heterocycles. The summed E-state index contributed by atoms with van der Waals surface area (Å²) in [6.07, 6.45) is 0. The summed E-state index contributed by atoms with van der Waals surface area (Å²) in [6, 6.07) is 13.8. The maximum Gasteiger partial charge on any atom is 0.271 e. The van der Waals surface area contributed by atoms with Gasteiger partial charge < -0.3 is 5.73 Å². The van der Waals surface area contributed by atoms with Crippen molar-refractivity contribution < 1.29 is 42.1 Å². The molecular formula is C24H18Cl5N8O12S2+.